The number of aromatic carboxylic acids is 1. The zero-order valence-corrected chi connectivity index (χ0v) is 11.8. The first kappa shape index (κ1) is 14.0. The first-order valence-electron chi connectivity index (χ1n) is 5.85. The van der Waals surface area contributed by atoms with E-state index in [0.29, 0.717) is 16.6 Å². The second kappa shape index (κ2) is 5.49. The van der Waals surface area contributed by atoms with E-state index in [2.05, 4.69) is 18.8 Å². The predicted octanol–water partition coefficient (Wildman–Crippen LogP) is 3.20. The maximum absolute atomic E-state index is 11.2. The maximum Gasteiger partial charge on any atom is 0.347 e. The highest BCUT2D eigenvalue weighted by molar-refractivity contribution is 7.17. The van der Waals surface area contributed by atoms with Gasteiger partial charge in [0.2, 0.25) is 0 Å². The van der Waals surface area contributed by atoms with Gasteiger partial charge >= 0.3 is 5.97 Å². The molecule has 4 nitrogen and oxygen atoms in total. The number of hydrogen-bond acceptors (Lipinski definition) is 4. The molecule has 1 heterocycles. The summed E-state index contributed by atoms with van der Waals surface area (Å²) in [4.78, 5) is 18.1. The van der Waals surface area contributed by atoms with Crippen molar-refractivity contribution in [2.24, 2.45) is 0 Å². The lowest BCUT2D eigenvalue weighted by Gasteiger charge is -2.19. The summed E-state index contributed by atoms with van der Waals surface area (Å²) < 4.78 is 0. The van der Waals surface area contributed by atoms with Gasteiger partial charge in [-0.3, -0.25) is 0 Å². The Kier molecular flexibility index (Phi) is 4.51. The molecule has 0 spiro atoms. The summed E-state index contributed by atoms with van der Waals surface area (Å²) in [6.07, 6.45) is 0.898. The van der Waals surface area contributed by atoms with Gasteiger partial charge in [-0.25, -0.2) is 9.78 Å². The molecule has 5 heteroatoms. The second-order valence-electron chi connectivity index (χ2n) is 4.53. The number of thiazole rings is 1. The molecule has 0 amide bonds. The summed E-state index contributed by atoms with van der Waals surface area (Å²) in [6, 6.07) is 0.313. The van der Waals surface area contributed by atoms with E-state index >= 15 is 0 Å². The fraction of sp³-hybridized carbons (Fsp3) is 0.667. The minimum Gasteiger partial charge on any atom is -0.477 e. The molecule has 0 bridgehead atoms. The van der Waals surface area contributed by atoms with Crippen molar-refractivity contribution in [3.63, 3.8) is 0 Å². The standard InChI is InChI=1S/C12H20N2O2S/c1-6-8(4)9-10(11(15)16)17-12(13-9)14(5)7(2)3/h7-8H,6H2,1-5H3,(H,15,16). The normalized spacial score (nSPS) is 12.8. The number of hydrogen-bond donors (Lipinski definition) is 1. The van der Waals surface area contributed by atoms with E-state index in [9.17, 15) is 9.90 Å². The van der Waals surface area contributed by atoms with Crippen molar-refractivity contribution in [1.29, 1.82) is 0 Å². The van der Waals surface area contributed by atoms with Gasteiger partial charge in [-0.05, 0) is 26.2 Å². The highest BCUT2D eigenvalue weighted by Crippen LogP contribution is 2.32. The predicted molar refractivity (Wildman–Crippen MR) is 71.3 cm³/mol. The van der Waals surface area contributed by atoms with E-state index in [4.69, 9.17) is 0 Å². The molecule has 0 aliphatic rings. The zero-order chi connectivity index (χ0) is 13.2. The van der Waals surface area contributed by atoms with E-state index in [-0.39, 0.29) is 5.92 Å². The van der Waals surface area contributed by atoms with Crippen LogP contribution in [0.3, 0.4) is 0 Å². The number of nitrogens with zero attached hydrogens (tertiary/aromatic N) is 2. The fourth-order valence-electron chi connectivity index (χ4n) is 1.37. The van der Waals surface area contributed by atoms with Crippen molar-refractivity contribution in [3.8, 4) is 0 Å². The molecule has 0 aliphatic heterocycles. The molecule has 0 aromatic carbocycles. The van der Waals surface area contributed by atoms with Crippen LogP contribution in [0.25, 0.3) is 0 Å². The van der Waals surface area contributed by atoms with E-state index in [1.807, 2.05) is 25.8 Å². The van der Waals surface area contributed by atoms with Crippen molar-refractivity contribution in [2.75, 3.05) is 11.9 Å². The molecule has 96 valence electrons. The quantitative estimate of drug-likeness (QED) is 0.879. The fourth-order valence-corrected chi connectivity index (χ4v) is 2.49. The van der Waals surface area contributed by atoms with E-state index in [0.717, 1.165) is 11.6 Å². The molecule has 1 N–H and O–H groups in total. The van der Waals surface area contributed by atoms with Crippen LogP contribution in [0.2, 0.25) is 0 Å². The van der Waals surface area contributed by atoms with Gasteiger partial charge in [0.15, 0.2) is 5.13 Å². The van der Waals surface area contributed by atoms with Crippen LogP contribution in [0, 0.1) is 0 Å². The third-order valence-corrected chi connectivity index (χ3v) is 4.14. The molecule has 1 rings (SSSR count). The van der Waals surface area contributed by atoms with Gasteiger partial charge in [-0.15, -0.1) is 0 Å². The Bertz CT molecular complexity index is 401. The Hall–Kier alpha value is -1.10. The van der Waals surface area contributed by atoms with Crippen molar-refractivity contribution in [3.05, 3.63) is 10.6 Å². The molecule has 0 saturated heterocycles. The zero-order valence-electron chi connectivity index (χ0n) is 11.0. The first-order chi connectivity index (χ1) is 7.88. The number of anilines is 1. The van der Waals surface area contributed by atoms with Crippen molar-refractivity contribution < 1.29 is 9.90 Å². The second-order valence-corrected chi connectivity index (χ2v) is 5.51. The highest BCUT2D eigenvalue weighted by atomic mass is 32.1. The highest BCUT2D eigenvalue weighted by Gasteiger charge is 2.23. The van der Waals surface area contributed by atoms with E-state index < -0.39 is 5.97 Å². The lowest BCUT2D eigenvalue weighted by Crippen LogP contribution is -2.25. The van der Waals surface area contributed by atoms with Gasteiger partial charge in [0.05, 0.1) is 5.69 Å². The summed E-state index contributed by atoms with van der Waals surface area (Å²) in [6.45, 7) is 8.18. The number of aromatic nitrogens is 1. The topological polar surface area (TPSA) is 53.4 Å². The summed E-state index contributed by atoms with van der Waals surface area (Å²) in [5, 5.41) is 9.98. The van der Waals surface area contributed by atoms with Gasteiger partial charge in [0.25, 0.3) is 0 Å². The van der Waals surface area contributed by atoms with Crippen molar-refractivity contribution in [1.82, 2.24) is 4.98 Å². The Morgan fingerprint density at radius 1 is 1.47 bits per heavy atom. The van der Waals surface area contributed by atoms with Gasteiger partial charge in [0, 0.05) is 13.1 Å². The van der Waals surface area contributed by atoms with Gasteiger partial charge in [-0.1, -0.05) is 25.2 Å². The van der Waals surface area contributed by atoms with Crippen LogP contribution in [0.1, 0.15) is 55.4 Å². The molecule has 0 radical (unpaired) electrons. The third-order valence-electron chi connectivity index (χ3n) is 2.99. The Morgan fingerprint density at radius 3 is 2.47 bits per heavy atom. The van der Waals surface area contributed by atoms with Crippen LogP contribution in [-0.4, -0.2) is 29.1 Å². The molecular formula is C12H20N2O2S. The van der Waals surface area contributed by atoms with E-state index in [1.165, 1.54) is 11.3 Å². The minimum atomic E-state index is -0.874. The number of carbonyl (C=O) groups is 1. The minimum absolute atomic E-state index is 0.187. The summed E-state index contributed by atoms with van der Waals surface area (Å²) in [5.41, 5.74) is 0.715. The number of carboxylic acids is 1. The Morgan fingerprint density at radius 2 is 2.06 bits per heavy atom. The molecule has 1 atom stereocenters. The summed E-state index contributed by atoms with van der Waals surface area (Å²) in [7, 11) is 1.94. The lowest BCUT2D eigenvalue weighted by atomic mass is 10.0. The Labute approximate surface area is 106 Å². The smallest absolute Gasteiger partial charge is 0.347 e. The van der Waals surface area contributed by atoms with Crippen molar-refractivity contribution >= 4 is 22.4 Å². The van der Waals surface area contributed by atoms with Crippen molar-refractivity contribution in [2.45, 2.75) is 46.1 Å². The molecule has 0 fully saturated rings. The first-order valence-corrected chi connectivity index (χ1v) is 6.66. The van der Waals surface area contributed by atoms with Crippen LogP contribution in [-0.2, 0) is 0 Å². The molecular weight excluding hydrogens is 236 g/mol. The SMILES string of the molecule is CCC(C)c1nc(N(C)C(C)C)sc1C(=O)O. The van der Waals surface area contributed by atoms with Crippen LogP contribution < -0.4 is 4.90 Å². The molecule has 1 aromatic rings. The summed E-state index contributed by atoms with van der Waals surface area (Å²) >= 11 is 1.26. The van der Waals surface area contributed by atoms with Crippen LogP contribution in [0.4, 0.5) is 5.13 Å². The molecule has 17 heavy (non-hydrogen) atoms. The Balaban J connectivity index is 3.17. The van der Waals surface area contributed by atoms with Crippen LogP contribution in [0.15, 0.2) is 0 Å². The summed E-state index contributed by atoms with van der Waals surface area (Å²) in [5.74, 6) is -0.687. The molecule has 0 saturated carbocycles. The monoisotopic (exact) mass is 256 g/mol. The third kappa shape index (κ3) is 2.97. The van der Waals surface area contributed by atoms with Gasteiger partial charge in [0.1, 0.15) is 4.88 Å². The average Bonchev–Trinajstić information content (AvgIpc) is 2.71. The lowest BCUT2D eigenvalue weighted by molar-refractivity contribution is 0.0700. The van der Waals surface area contributed by atoms with Gasteiger partial charge < -0.3 is 10.0 Å². The molecule has 1 aromatic heterocycles. The number of carboxylic acid groups (broad SMARTS) is 1. The van der Waals surface area contributed by atoms with E-state index in [1.54, 1.807) is 0 Å². The maximum atomic E-state index is 11.2. The average molecular weight is 256 g/mol. The largest absolute Gasteiger partial charge is 0.477 e. The molecule has 0 aliphatic carbocycles. The number of rotatable bonds is 5. The van der Waals surface area contributed by atoms with Gasteiger partial charge in [-0.2, -0.15) is 0 Å². The van der Waals surface area contributed by atoms with Crippen LogP contribution in [0.5, 0.6) is 0 Å². The van der Waals surface area contributed by atoms with Crippen LogP contribution >= 0.6 is 11.3 Å². The molecule has 1 unspecified atom stereocenters.